The fraction of sp³-hybridized carbons (Fsp3) is 0. The Hall–Kier alpha value is 1.51. The molecule has 0 aromatic carbocycles. The summed E-state index contributed by atoms with van der Waals surface area (Å²) in [6, 6.07) is 0. The summed E-state index contributed by atoms with van der Waals surface area (Å²) in [6.07, 6.45) is 0. The molecule has 32 valence electrons. The van der Waals surface area contributed by atoms with E-state index in [1.165, 1.54) is 0 Å². The molecule has 4 heteroatoms. The summed E-state index contributed by atoms with van der Waals surface area (Å²) >= 11 is 10.1. The van der Waals surface area contributed by atoms with Gasteiger partial charge in [-0.05, 0) is 0 Å². The molecule has 0 radical (unpaired) electrons. The van der Waals surface area contributed by atoms with Gasteiger partial charge in [0, 0.05) is 0 Å². The van der Waals surface area contributed by atoms with Gasteiger partial charge in [-0.2, -0.15) is 0 Å². The van der Waals surface area contributed by atoms with Gasteiger partial charge in [0.1, 0.15) is 0 Å². The monoisotopic (exact) mass is 164 g/mol. The van der Waals surface area contributed by atoms with E-state index in [9.17, 15) is 0 Å². The van der Waals surface area contributed by atoms with Crippen LogP contribution in [0.1, 0.15) is 0 Å². The summed E-state index contributed by atoms with van der Waals surface area (Å²) in [5.41, 5.74) is 0. The molecule has 0 aliphatic rings. The summed E-state index contributed by atoms with van der Waals surface area (Å²) < 4.78 is 0. The molecular weight excluding hydrogens is 163 g/mol. The average Bonchev–Trinajstić information content (AvgIpc) is 1.50. The van der Waals surface area contributed by atoms with E-state index in [-0.39, 0.29) is 0 Å². The fourth-order valence-electron chi connectivity index (χ4n) is 0. The molecule has 0 aromatic heterocycles. The summed E-state index contributed by atoms with van der Waals surface area (Å²) in [5, 5.41) is 0. The molecule has 0 aliphatic heterocycles. The normalized spacial score (nSPS) is 3.25. The van der Waals surface area contributed by atoms with Crippen molar-refractivity contribution in [3.63, 3.8) is 0 Å². The molecule has 4 heavy (non-hydrogen) atoms. The Balaban J connectivity index is 0. The Labute approximate surface area is 48.6 Å². The van der Waals surface area contributed by atoms with Gasteiger partial charge in [0.2, 0.25) is 0 Å². The van der Waals surface area contributed by atoms with Crippen molar-refractivity contribution in [1.29, 1.82) is 0 Å². The topological polar surface area (TPSA) is 0 Å². The second-order valence-electron chi connectivity index (χ2n) is 0. The van der Waals surface area contributed by atoms with Crippen molar-refractivity contribution in [2.24, 2.45) is 0 Å². The van der Waals surface area contributed by atoms with Gasteiger partial charge < -0.3 is 0 Å². The van der Waals surface area contributed by atoms with E-state index in [0.29, 0.717) is 0 Å². The number of hydrogen-bond donors (Lipinski definition) is 2. The Morgan fingerprint density at radius 2 is 1.25 bits per heavy atom. The average molecular weight is 165 g/mol. The van der Waals surface area contributed by atoms with Crippen LogP contribution in [0.3, 0.4) is 0 Å². The zero-order valence-corrected chi connectivity index (χ0v) is 5.06. The van der Waals surface area contributed by atoms with Crippen molar-refractivity contribution in [3.05, 3.63) is 0 Å². The van der Waals surface area contributed by atoms with Gasteiger partial charge in [0.25, 0.3) is 0 Å². The van der Waals surface area contributed by atoms with Crippen LogP contribution in [0.5, 0.6) is 0 Å². The quantitative estimate of drug-likeness (QED) is 0.303. The maximum atomic E-state index is 4.20. The van der Waals surface area contributed by atoms with E-state index < -0.39 is 0 Å². The molecule has 0 nitrogen and oxygen atoms in total. The molecule has 0 saturated heterocycles. The molecule has 0 aliphatic carbocycles. The van der Waals surface area contributed by atoms with Crippen LogP contribution < -0.4 is 0 Å². The Morgan fingerprint density at radius 1 is 1.25 bits per heavy atom. The Morgan fingerprint density at radius 3 is 1.25 bits per heavy atom. The van der Waals surface area contributed by atoms with Gasteiger partial charge in [-0.1, -0.05) is 0 Å². The fourth-order valence-corrected chi connectivity index (χ4v) is 0. The van der Waals surface area contributed by atoms with Gasteiger partial charge >= 0.3 is 25.2 Å². The molecular formula is H2ClCuS2. The minimum atomic E-state index is 3.22. The van der Waals surface area contributed by atoms with Crippen molar-refractivity contribution >= 4 is 33.4 Å². The SMILES string of the molecule is SS.[Cl][Cu]. The first kappa shape index (κ1) is 9.10. The van der Waals surface area contributed by atoms with Gasteiger partial charge in [-0.25, -0.2) is 0 Å². The number of hydrogen-bond acceptors (Lipinski definition) is 2. The van der Waals surface area contributed by atoms with Crippen LogP contribution in [-0.4, -0.2) is 0 Å². The van der Waals surface area contributed by atoms with Crippen molar-refractivity contribution < 1.29 is 15.1 Å². The molecule has 0 aromatic rings. The first-order valence-corrected chi connectivity index (χ1v) is 3.21. The van der Waals surface area contributed by atoms with E-state index in [1.807, 2.05) is 0 Å². The van der Waals surface area contributed by atoms with Gasteiger partial charge in [-0.15, -0.1) is 23.3 Å². The van der Waals surface area contributed by atoms with Crippen LogP contribution in [0.2, 0.25) is 0 Å². The second-order valence-corrected chi connectivity index (χ2v) is 0. The number of halogens is 1. The van der Waals surface area contributed by atoms with Gasteiger partial charge in [0.15, 0.2) is 0 Å². The summed E-state index contributed by atoms with van der Waals surface area (Å²) in [7, 11) is 4.20. The summed E-state index contributed by atoms with van der Waals surface area (Å²) in [6.45, 7) is 0. The second kappa shape index (κ2) is 24.4. The third kappa shape index (κ3) is 9.70. The number of thiol groups is 2. The minimum absolute atomic E-state index is 3.22. The zero-order chi connectivity index (χ0) is 4.00. The number of rotatable bonds is 0. The van der Waals surface area contributed by atoms with Crippen LogP contribution in [0.25, 0.3) is 0 Å². The maximum absolute atomic E-state index is 4.20. The third-order valence-electron chi connectivity index (χ3n) is 0. The van der Waals surface area contributed by atoms with Crippen molar-refractivity contribution in [2.75, 3.05) is 0 Å². The van der Waals surface area contributed by atoms with Crippen LogP contribution in [0.4, 0.5) is 0 Å². The van der Waals surface area contributed by atoms with Crippen LogP contribution in [-0.2, 0) is 15.1 Å². The van der Waals surface area contributed by atoms with E-state index in [0.717, 1.165) is 0 Å². The van der Waals surface area contributed by atoms with Gasteiger partial charge in [-0.3, -0.25) is 0 Å². The van der Waals surface area contributed by atoms with Crippen molar-refractivity contribution in [3.8, 4) is 0 Å². The standard InChI is InChI=1S/ClH.Cu.H2S2/c;;1-2/h1H;;1-2H/q;+1;/p-1. The van der Waals surface area contributed by atoms with E-state index in [1.54, 1.807) is 0 Å². The molecule has 0 amide bonds. The van der Waals surface area contributed by atoms with Crippen molar-refractivity contribution in [2.45, 2.75) is 0 Å². The van der Waals surface area contributed by atoms with Crippen LogP contribution >= 0.6 is 33.4 Å². The predicted molar refractivity (Wildman–Crippen MR) is 23.8 cm³/mol. The molecule has 0 spiro atoms. The molecule has 0 saturated carbocycles. The Kier molecular flexibility index (Phi) is 55.4. The van der Waals surface area contributed by atoms with Crippen molar-refractivity contribution in [1.82, 2.24) is 0 Å². The van der Waals surface area contributed by atoms with E-state index in [2.05, 4.69) is 48.5 Å². The van der Waals surface area contributed by atoms with E-state index >= 15 is 0 Å². The summed E-state index contributed by atoms with van der Waals surface area (Å²) in [4.78, 5) is 0. The van der Waals surface area contributed by atoms with Crippen LogP contribution in [0, 0.1) is 0 Å². The molecule has 0 bridgehead atoms. The molecule has 0 heterocycles. The first-order valence-electron chi connectivity index (χ1n) is 0.314. The van der Waals surface area contributed by atoms with E-state index in [4.69, 9.17) is 0 Å². The van der Waals surface area contributed by atoms with Crippen LogP contribution in [0.15, 0.2) is 0 Å². The summed E-state index contributed by atoms with van der Waals surface area (Å²) in [5.74, 6) is 0. The zero-order valence-electron chi connectivity index (χ0n) is 1.57. The first-order chi connectivity index (χ1) is 2.00. The molecule has 0 N–H and O–H groups in total. The third-order valence-corrected chi connectivity index (χ3v) is 0. The molecule has 0 fully saturated rings. The Bertz CT molecular complexity index is 6.00. The predicted octanol–water partition coefficient (Wildman–Crippen LogP) is 1.45. The van der Waals surface area contributed by atoms with Gasteiger partial charge in [0.05, 0.1) is 0 Å². The molecule has 0 unspecified atom stereocenters. The molecule has 0 atom stereocenters. The molecule has 0 rings (SSSR count).